The molecule has 0 radical (unpaired) electrons. The Morgan fingerprint density at radius 1 is 1.32 bits per heavy atom. The number of nitrogens with one attached hydrogen (secondary N) is 2. The topological polar surface area (TPSA) is 180 Å². The molecule has 0 rings (SSSR count). The molecule has 0 spiro atoms. The molecule has 0 aliphatic heterocycles. The van der Waals surface area contributed by atoms with Crippen molar-refractivity contribution >= 4 is 18.1 Å². The van der Waals surface area contributed by atoms with Gasteiger partial charge in [-0.3, -0.25) is 4.79 Å². The van der Waals surface area contributed by atoms with Crippen LogP contribution >= 0.6 is 0 Å². The van der Waals surface area contributed by atoms with Crippen LogP contribution in [-0.4, -0.2) is 62.4 Å². The molecule has 22 heavy (non-hydrogen) atoms. The molecule has 12 nitrogen and oxygen atoms in total. The molecular weight excluding hydrogens is 304 g/mol. The summed E-state index contributed by atoms with van der Waals surface area (Å²) >= 11 is 0. The lowest BCUT2D eigenvalue weighted by Crippen LogP contribution is -2.36. The molecule has 2 amide bonds. The van der Waals surface area contributed by atoms with Gasteiger partial charge in [-0.05, 0) is 0 Å². The van der Waals surface area contributed by atoms with E-state index in [-0.39, 0.29) is 26.1 Å². The monoisotopic (exact) mass is 322 g/mol. The summed E-state index contributed by atoms with van der Waals surface area (Å²) in [7, 11) is 1.40. The number of aliphatic imine (C=N–C) groups is 1. The molecule has 0 heterocycles. The molecule has 0 aromatic carbocycles. The zero-order valence-corrected chi connectivity index (χ0v) is 12.1. The van der Waals surface area contributed by atoms with Crippen molar-refractivity contribution in [2.75, 3.05) is 34.1 Å². The minimum Gasteiger partial charge on any atom is -0.422 e. The number of hydrogen-bond acceptors (Lipinski definition) is 10. The smallest absolute Gasteiger partial charge is 0.410 e. The van der Waals surface area contributed by atoms with Crippen molar-refractivity contribution in [2.45, 2.75) is 6.92 Å². The van der Waals surface area contributed by atoms with E-state index in [4.69, 9.17) is 15.5 Å². The van der Waals surface area contributed by atoms with E-state index in [2.05, 4.69) is 29.8 Å². The molecule has 0 unspecified atom stereocenters. The second-order valence-corrected chi connectivity index (χ2v) is 2.68. The van der Waals surface area contributed by atoms with E-state index < -0.39 is 12.9 Å². The number of alkyl carbamates (subject to hydrolysis) is 1. The molecule has 0 fully saturated rings. The zero-order chi connectivity index (χ0) is 17.6. The molecule has 0 saturated carbocycles. The van der Waals surface area contributed by atoms with Crippen LogP contribution in [0.2, 0.25) is 0 Å². The Morgan fingerprint density at radius 2 is 1.91 bits per heavy atom. The van der Waals surface area contributed by atoms with E-state index in [0.29, 0.717) is 0 Å². The van der Waals surface area contributed by atoms with E-state index >= 15 is 0 Å². The van der Waals surface area contributed by atoms with Crippen LogP contribution in [0.3, 0.4) is 0 Å². The Morgan fingerprint density at radius 3 is 2.32 bits per heavy atom. The van der Waals surface area contributed by atoms with Gasteiger partial charge in [0.1, 0.15) is 6.79 Å². The van der Waals surface area contributed by atoms with E-state index in [1.54, 1.807) is 0 Å². The first kappa shape index (κ1) is 24.3. The quantitative estimate of drug-likeness (QED) is 0.143. The standard InChI is InChI=1S/C6H12N2O4.C3H2N2O2.CH4O2/c1-5(9)7-3-8-6(10)12-4-11-2;4-1-7-3-5-2-6;2-1-3/h3-4H2,1-2H3,(H,7,9)(H,8,10);3H2;2-3H,1H2. The average molecular weight is 322 g/mol. The molecule has 0 saturated heterocycles. The first-order valence-corrected chi connectivity index (χ1v) is 5.40. The predicted octanol–water partition coefficient (Wildman–Crippen LogP) is -1.88. The van der Waals surface area contributed by atoms with Gasteiger partial charge < -0.3 is 35.1 Å². The fraction of sp³-hybridized carbons (Fsp3) is 0.600. The second kappa shape index (κ2) is 23.4. The summed E-state index contributed by atoms with van der Waals surface area (Å²) < 4.78 is 12.9. The number of carbonyl (C=O) groups is 2. The highest BCUT2D eigenvalue weighted by atomic mass is 16.7. The Labute approximate surface area is 126 Å². The molecule has 0 aromatic rings. The first-order valence-electron chi connectivity index (χ1n) is 5.40. The molecule has 0 aliphatic rings. The Balaban J connectivity index is -0.000000305. The third-order valence-corrected chi connectivity index (χ3v) is 1.14. The number of rotatable bonds is 6. The number of aliphatic hydroxyl groups is 2. The van der Waals surface area contributed by atoms with Crippen LogP contribution in [0.4, 0.5) is 4.79 Å². The third kappa shape index (κ3) is 36.0. The van der Waals surface area contributed by atoms with Gasteiger partial charge in [-0.25, -0.2) is 9.59 Å². The van der Waals surface area contributed by atoms with E-state index in [1.807, 2.05) is 0 Å². The van der Waals surface area contributed by atoms with Crippen molar-refractivity contribution in [3.63, 3.8) is 0 Å². The van der Waals surface area contributed by atoms with Gasteiger partial charge in [-0.2, -0.15) is 10.3 Å². The normalized spacial score (nSPS) is 7.41. The zero-order valence-electron chi connectivity index (χ0n) is 12.1. The number of methoxy groups -OCH3 is 1. The highest BCUT2D eigenvalue weighted by Crippen LogP contribution is 1.75. The first-order chi connectivity index (χ1) is 10.5. The van der Waals surface area contributed by atoms with Crippen LogP contribution in [0.1, 0.15) is 6.92 Å². The molecule has 0 atom stereocenters. The average Bonchev–Trinajstić information content (AvgIpc) is 2.47. The van der Waals surface area contributed by atoms with Gasteiger partial charge >= 0.3 is 6.09 Å². The van der Waals surface area contributed by atoms with Crippen LogP contribution in [0.5, 0.6) is 0 Å². The number of isocyanates is 1. The fourth-order valence-corrected chi connectivity index (χ4v) is 0.492. The Kier molecular flexibility index (Phi) is 25.9. The van der Waals surface area contributed by atoms with Gasteiger partial charge in [0.2, 0.25) is 18.7 Å². The molecule has 0 aromatic heterocycles. The summed E-state index contributed by atoms with van der Waals surface area (Å²) in [5.41, 5.74) is 0. The number of carbonyl (C=O) groups excluding carboxylic acids is 3. The van der Waals surface area contributed by atoms with E-state index in [1.165, 1.54) is 26.4 Å². The minimum absolute atomic E-state index is 0.0535. The second-order valence-electron chi connectivity index (χ2n) is 2.68. The lowest BCUT2D eigenvalue weighted by molar-refractivity contribution is -0.119. The third-order valence-electron chi connectivity index (χ3n) is 1.14. The predicted molar refractivity (Wildman–Crippen MR) is 69.2 cm³/mol. The van der Waals surface area contributed by atoms with Crippen LogP contribution in [0.25, 0.3) is 0 Å². The number of hydrogen-bond donors (Lipinski definition) is 4. The van der Waals surface area contributed by atoms with Gasteiger partial charge in [0, 0.05) is 14.0 Å². The summed E-state index contributed by atoms with van der Waals surface area (Å²) in [5, 5.41) is 26.5. The van der Waals surface area contributed by atoms with E-state index in [9.17, 15) is 14.4 Å². The van der Waals surface area contributed by atoms with Crippen molar-refractivity contribution in [3.8, 4) is 6.26 Å². The number of ether oxygens (including phenoxy) is 3. The van der Waals surface area contributed by atoms with Crippen LogP contribution in [0.15, 0.2) is 4.99 Å². The van der Waals surface area contributed by atoms with Gasteiger partial charge in [0.05, 0.1) is 6.67 Å². The molecule has 4 N–H and O–H groups in total. The van der Waals surface area contributed by atoms with Crippen LogP contribution in [-0.2, 0) is 23.8 Å². The van der Waals surface area contributed by atoms with Gasteiger partial charge in [-0.15, -0.1) is 0 Å². The van der Waals surface area contributed by atoms with Crippen molar-refractivity contribution in [3.05, 3.63) is 0 Å². The van der Waals surface area contributed by atoms with Gasteiger partial charge in [0.25, 0.3) is 6.26 Å². The molecule has 12 heteroatoms. The SMILES string of the molecule is COCOC(=O)NCNC(C)=O.N#COCN=C=O.OCO. The number of amides is 2. The maximum atomic E-state index is 10.6. The molecule has 126 valence electrons. The van der Waals surface area contributed by atoms with Crippen molar-refractivity contribution in [1.82, 2.24) is 10.6 Å². The summed E-state index contributed by atoms with van der Waals surface area (Å²) in [6.07, 6.45) is 1.90. The highest BCUT2D eigenvalue weighted by Gasteiger charge is 1.98. The summed E-state index contributed by atoms with van der Waals surface area (Å²) in [4.78, 5) is 33.0. The van der Waals surface area contributed by atoms with Gasteiger partial charge in [0.15, 0.2) is 6.79 Å². The summed E-state index contributed by atoms with van der Waals surface area (Å²) in [5.74, 6) is -0.220. The van der Waals surface area contributed by atoms with Crippen LogP contribution in [0, 0.1) is 11.5 Å². The number of aliphatic hydroxyl groups excluding tert-OH is 1. The number of nitriles is 1. The van der Waals surface area contributed by atoms with Crippen LogP contribution < -0.4 is 10.6 Å². The summed E-state index contributed by atoms with van der Waals surface area (Å²) in [6.45, 7) is 0.325. The lowest BCUT2D eigenvalue weighted by Gasteiger charge is -2.05. The number of nitrogens with zero attached hydrogens (tertiary/aromatic N) is 2. The van der Waals surface area contributed by atoms with Crippen molar-refractivity contribution in [1.29, 1.82) is 5.26 Å². The van der Waals surface area contributed by atoms with Crippen molar-refractivity contribution < 1.29 is 38.8 Å². The van der Waals surface area contributed by atoms with E-state index in [0.717, 1.165) is 0 Å². The maximum Gasteiger partial charge on any atom is 0.410 e. The van der Waals surface area contributed by atoms with Crippen molar-refractivity contribution in [2.24, 2.45) is 4.99 Å². The maximum absolute atomic E-state index is 10.6. The Hall–Kier alpha value is -2.71. The summed E-state index contributed by atoms with van der Waals surface area (Å²) in [6, 6.07) is 0. The molecule has 0 aliphatic carbocycles. The Bertz CT molecular complexity index is 364. The highest BCUT2D eigenvalue weighted by molar-refractivity contribution is 5.73. The molecular formula is C10H18N4O8. The largest absolute Gasteiger partial charge is 0.422 e. The molecule has 0 bridgehead atoms. The fourth-order valence-electron chi connectivity index (χ4n) is 0.492. The minimum atomic E-state index is -0.750. The van der Waals surface area contributed by atoms with Gasteiger partial charge in [-0.1, -0.05) is 0 Å². The lowest BCUT2D eigenvalue weighted by atomic mass is 10.7.